The van der Waals surface area contributed by atoms with Crippen LogP contribution < -0.4 is 20.2 Å². The molecule has 0 saturated carbocycles. The number of benzene rings is 3. The second-order valence-corrected chi connectivity index (χ2v) is 8.33. The lowest BCUT2D eigenvalue weighted by molar-refractivity contribution is -0.118. The van der Waals surface area contributed by atoms with E-state index in [1.54, 1.807) is 37.3 Å². The van der Waals surface area contributed by atoms with E-state index in [-0.39, 0.29) is 23.6 Å². The first-order chi connectivity index (χ1) is 17.3. The molecule has 0 aromatic heterocycles. The van der Waals surface area contributed by atoms with Gasteiger partial charge in [-0.05, 0) is 77.8 Å². The van der Waals surface area contributed by atoms with Crippen molar-refractivity contribution >= 4 is 39.6 Å². The van der Waals surface area contributed by atoms with E-state index in [1.165, 1.54) is 18.3 Å². The van der Waals surface area contributed by atoms with Gasteiger partial charge in [0, 0.05) is 5.69 Å². The average Bonchev–Trinajstić information content (AvgIpc) is 2.85. The number of halogens is 2. The molecule has 0 spiro atoms. The van der Waals surface area contributed by atoms with E-state index in [0.717, 1.165) is 11.6 Å². The van der Waals surface area contributed by atoms with Crippen LogP contribution in [0.2, 0.25) is 0 Å². The van der Waals surface area contributed by atoms with E-state index in [2.05, 4.69) is 31.8 Å². The number of rotatable bonds is 9. The highest BCUT2D eigenvalue weighted by Gasteiger charge is 2.15. The zero-order valence-electron chi connectivity index (χ0n) is 19.5. The molecule has 0 aliphatic heterocycles. The Hall–Kier alpha value is -4.23. The van der Waals surface area contributed by atoms with E-state index >= 15 is 0 Å². The van der Waals surface area contributed by atoms with Crippen LogP contribution in [0.4, 0.5) is 10.1 Å². The number of ether oxygens (including phenoxy) is 2. The van der Waals surface area contributed by atoms with Crippen molar-refractivity contribution < 1.29 is 23.5 Å². The van der Waals surface area contributed by atoms with Crippen LogP contribution in [0.5, 0.6) is 11.5 Å². The standard InChI is InChI=1S/C26H22BrFN4O4/c1-3-35-23-12-18(14-30-32-26(34)20-9-6-17(13-29)11-22(20)28)10-21(27)25(23)36-15-24(33)31-19-7-4-16(2)5-8-19/h4-12,14H,3,15H2,1-2H3,(H,31,33)(H,32,34). The largest absolute Gasteiger partial charge is 0.490 e. The summed E-state index contributed by atoms with van der Waals surface area (Å²) in [5.74, 6) is -1.23. The predicted octanol–water partition coefficient (Wildman–Crippen LogP) is 4.95. The summed E-state index contributed by atoms with van der Waals surface area (Å²) in [6.45, 7) is 3.85. The number of hydrogen-bond acceptors (Lipinski definition) is 6. The quantitative estimate of drug-likeness (QED) is 0.288. The molecule has 0 atom stereocenters. The number of nitrogens with zero attached hydrogens (tertiary/aromatic N) is 2. The Kier molecular flexibility index (Phi) is 9.13. The van der Waals surface area contributed by atoms with Crippen molar-refractivity contribution in [1.29, 1.82) is 5.26 Å². The van der Waals surface area contributed by atoms with Gasteiger partial charge in [-0.3, -0.25) is 9.59 Å². The second-order valence-electron chi connectivity index (χ2n) is 7.47. The van der Waals surface area contributed by atoms with Crippen LogP contribution in [-0.4, -0.2) is 31.2 Å². The minimum absolute atomic E-state index is 0.107. The molecule has 0 bridgehead atoms. The molecule has 0 aliphatic carbocycles. The summed E-state index contributed by atoms with van der Waals surface area (Å²) in [6, 6.07) is 16.0. The maximum Gasteiger partial charge on any atom is 0.274 e. The first-order valence-electron chi connectivity index (χ1n) is 10.8. The Morgan fingerprint density at radius 3 is 2.56 bits per heavy atom. The van der Waals surface area contributed by atoms with Gasteiger partial charge in [0.05, 0.1) is 34.5 Å². The van der Waals surface area contributed by atoms with Gasteiger partial charge in [0.15, 0.2) is 18.1 Å². The van der Waals surface area contributed by atoms with Crippen molar-refractivity contribution in [1.82, 2.24) is 5.43 Å². The fourth-order valence-electron chi connectivity index (χ4n) is 3.03. The van der Waals surface area contributed by atoms with Gasteiger partial charge in [0.2, 0.25) is 0 Å². The zero-order valence-corrected chi connectivity index (χ0v) is 21.1. The SMILES string of the molecule is CCOc1cc(C=NNC(=O)c2ccc(C#N)cc2F)cc(Br)c1OCC(=O)Nc1ccc(C)cc1. The van der Waals surface area contributed by atoms with Crippen LogP contribution >= 0.6 is 15.9 Å². The van der Waals surface area contributed by atoms with Crippen molar-refractivity contribution in [3.63, 3.8) is 0 Å². The molecule has 0 saturated heterocycles. The Morgan fingerprint density at radius 2 is 1.89 bits per heavy atom. The number of carbonyl (C=O) groups excluding carboxylic acids is 2. The number of amides is 2. The maximum atomic E-state index is 14.0. The normalized spacial score (nSPS) is 10.5. The molecule has 3 rings (SSSR count). The van der Waals surface area contributed by atoms with Crippen LogP contribution in [0.3, 0.4) is 0 Å². The Morgan fingerprint density at radius 1 is 1.14 bits per heavy atom. The van der Waals surface area contributed by atoms with Gasteiger partial charge in [0.25, 0.3) is 11.8 Å². The predicted molar refractivity (Wildman–Crippen MR) is 137 cm³/mol. The molecule has 184 valence electrons. The molecule has 2 amide bonds. The third-order valence-corrected chi connectivity index (χ3v) is 5.33. The number of carbonyl (C=O) groups is 2. The van der Waals surface area contributed by atoms with Crippen molar-refractivity contribution in [3.05, 3.63) is 87.1 Å². The summed E-state index contributed by atoms with van der Waals surface area (Å²) in [7, 11) is 0. The summed E-state index contributed by atoms with van der Waals surface area (Å²) < 4.78 is 25.9. The highest BCUT2D eigenvalue weighted by molar-refractivity contribution is 9.10. The molecule has 0 radical (unpaired) electrons. The molecule has 0 fully saturated rings. The lowest BCUT2D eigenvalue weighted by atomic mass is 10.1. The van der Waals surface area contributed by atoms with Crippen molar-refractivity contribution in [2.45, 2.75) is 13.8 Å². The molecule has 0 heterocycles. The lowest BCUT2D eigenvalue weighted by Crippen LogP contribution is -2.20. The molecule has 2 N–H and O–H groups in total. The van der Waals surface area contributed by atoms with Crippen molar-refractivity contribution in [2.75, 3.05) is 18.5 Å². The summed E-state index contributed by atoms with van der Waals surface area (Å²) in [6.07, 6.45) is 1.35. The van der Waals surface area contributed by atoms with Gasteiger partial charge in [-0.15, -0.1) is 0 Å². The number of anilines is 1. The first kappa shape index (κ1) is 26.4. The van der Waals surface area contributed by atoms with E-state index in [9.17, 15) is 14.0 Å². The number of hydrogen-bond donors (Lipinski definition) is 2. The van der Waals surface area contributed by atoms with Gasteiger partial charge in [0.1, 0.15) is 5.82 Å². The Bertz CT molecular complexity index is 1340. The van der Waals surface area contributed by atoms with Crippen LogP contribution in [0.1, 0.15) is 34.0 Å². The number of nitriles is 1. The molecule has 8 nitrogen and oxygen atoms in total. The van der Waals surface area contributed by atoms with Crippen molar-refractivity contribution in [3.8, 4) is 17.6 Å². The van der Waals surface area contributed by atoms with E-state index in [0.29, 0.717) is 33.8 Å². The highest BCUT2D eigenvalue weighted by Crippen LogP contribution is 2.36. The molecular weight excluding hydrogens is 531 g/mol. The molecule has 3 aromatic carbocycles. The van der Waals surface area contributed by atoms with Gasteiger partial charge >= 0.3 is 0 Å². The van der Waals surface area contributed by atoms with Gasteiger partial charge in [-0.25, -0.2) is 9.82 Å². The van der Waals surface area contributed by atoms with E-state index in [1.807, 2.05) is 19.1 Å². The maximum absolute atomic E-state index is 14.0. The topological polar surface area (TPSA) is 113 Å². The molecule has 10 heteroatoms. The number of hydrazone groups is 1. The van der Waals surface area contributed by atoms with Gasteiger partial charge in [-0.2, -0.15) is 10.4 Å². The monoisotopic (exact) mass is 552 g/mol. The fraction of sp³-hybridized carbons (Fsp3) is 0.154. The molecule has 0 aliphatic rings. The summed E-state index contributed by atoms with van der Waals surface area (Å²) in [5.41, 5.74) is 4.40. The van der Waals surface area contributed by atoms with Gasteiger partial charge < -0.3 is 14.8 Å². The lowest BCUT2D eigenvalue weighted by Gasteiger charge is -2.14. The zero-order chi connectivity index (χ0) is 26.1. The van der Waals surface area contributed by atoms with Crippen LogP contribution in [0, 0.1) is 24.1 Å². The molecule has 0 unspecified atom stereocenters. The molecule has 3 aromatic rings. The molecule has 36 heavy (non-hydrogen) atoms. The summed E-state index contributed by atoms with van der Waals surface area (Å²) in [4.78, 5) is 24.5. The number of aryl methyl sites for hydroxylation is 1. The minimum Gasteiger partial charge on any atom is -0.490 e. The van der Waals surface area contributed by atoms with E-state index < -0.39 is 11.7 Å². The fourth-order valence-corrected chi connectivity index (χ4v) is 3.61. The van der Waals surface area contributed by atoms with Crippen molar-refractivity contribution in [2.24, 2.45) is 5.10 Å². The third-order valence-electron chi connectivity index (χ3n) is 4.74. The Balaban J connectivity index is 1.67. The average molecular weight is 553 g/mol. The third kappa shape index (κ3) is 7.13. The van der Waals surface area contributed by atoms with E-state index in [4.69, 9.17) is 14.7 Å². The van der Waals surface area contributed by atoms with Crippen LogP contribution in [0.25, 0.3) is 0 Å². The molecular formula is C26H22BrFN4O4. The van der Waals surface area contributed by atoms with Crippen LogP contribution in [-0.2, 0) is 4.79 Å². The summed E-state index contributed by atoms with van der Waals surface area (Å²) in [5, 5.41) is 15.4. The first-order valence-corrected chi connectivity index (χ1v) is 11.6. The van der Waals surface area contributed by atoms with Crippen LogP contribution in [0.15, 0.2) is 64.2 Å². The number of nitrogens with one attached hydrogen (secondary N) is 2. The highest BCUT2D eigenvalue weighted by atomic mass is 79.9. The second kappa shape index (κ2) is 12.5. The van der Waals surface area contributed by atoms with Gasteiger partial charge in [-0.1, -0.05) is 17.7 Å². The minimum atomic E-state index is -0.823. The smallest absolute Gasteiger partial charge is 0.274 e. The summed E-state index contributed by atoms with van der Waals surface area (Å²) >= 11 is 3.41. The Labute approximate surface area is 215 Å².